The molecular weight excluding hydrogens is 286 g/mol. The Kier molecular flexibility index (Phi) is 4.63. The number of thioether (sulfide) groups is 1. The van der Waals surface area contributed by atoms with Crippen molar-refractivity contribution in [3.8, 4) is 0 Å². The molecule has 1 atom stereocenters. The van der Waals surface area contributed by atoms with Crippen LogP contribution in [0.5, 0.6) is 0 Å². The average Bonchev–Trinajstić information content (AvgIpc) is 2.72. The summed E-state index contributed by atoms with van der Waals surface area (Å²) in [5, 5.41) is 9.15. The first kappa shape index (κ1) is 14.6. The second kappa shape index (κ2) is 6.64. The van der Waals surface area contributed by atoms with Gasteiger partial charge in [0.25, 0.3) is 0 Å². The van der Waals surface area contributed by atoms with Gasteiger partial charge in [0.1, 0.15) is 12.1 Å². The van der Waals surface area contributed by atoms with Crippen LogP contribution in [0.4, 0.5) is 5.82 Å². The Morgan fingerprint density at radius 2 is 2.19 bits per heavy atom. The SMILES string of the molecule is O=C(O)CC1CSCCN1c1ncnc2c1CCCCC2. The van der Waals surface area contributed by atoms with Crippen LogP contribution in [-0.2, 0) is 17.6 Å². The van der Waals surface area contributed by atoms with E-state index in [0.717, 1.165) is 36.7 Å². The third kappa shape index (κ3) is 3.31. The zero-order chi connectivity index (χ0) is 14.7. The number of aromatic nitrogens is 2. The molecule has 0 spiro atoms. The molecule has 5 nitrogen and oxygen atoms in total. The second-order valence-corrected chi connectivity index (χ2v) is 6.85. The number of rotatable bonds is 3. The molecule has 1 saturated heterocycles. The summed E-state index contributed by atoms with van der Waals surface area (Å²) in [6.07, 6.45) is 7.50. The van der Waals surface area contributed by atoms with E-state index in [9.17, 15) is 4.79 Å². The summed E-state index contributed by atoms with van der Waals surface area (Å²) in [6.45, 7) is 0.881. The minimum Gasteiger partial charge on any atom is -0.481 e. The standard InChI is InChI=1S/C15H21N3O2S/c19-14(20)8-11-9-21-7-6-18(11)15-12-4-2-1-3-5-13(12)16-10-17-15/h10-11H,1-9H2,(H,19,20). The molecule has 0 saturated carbocycles. The van der Waals surface area contributed by atoms with Gasteiger partial charge in [-0.3, -0.25) is 4.79 Å². The highest BCUT2D eigenvalue weighted by molar-refractivity contribution is 7.99. The molecule has 1 N–H and O–H groups in total. The van der Waals surface area contributed by atoms with E-state index in [-0.39, 0.29) is 12.5 Å². The lowest BCUT2D eigenvalue weighted by Gasteiger charge is -2.36. The van der Waals surface area contributed by atoms with Gasteiger partial charge in [0, 0.05) is 35.3 Å². The number of hydrogen-bond donors (Lipinski definition) is 1. The minimum absolute atomic E-state index is 0.0449. The molecule has 1 fully saturated rings. The summed E-state index contributed by atoms with van der Waals surface area (Å²) in [7, 11) is 0. The van der Waals surface area contributed by atoms with E-state index >= 15 is 0 Å². The van der Waals surface area contributed by atoms with Crippen LogP contribution >= 0.6 is 11.8 Å². The van der Waals surface area contributed by atoms with Crippen LogP contribution in [-0.4, -0.2) is 45.1 Å². The predicted octanol–water partition coefficient (Wildman–Crippen LogP) is 2.14. The molecule has 1 aliphatic carbocycles. The van der Waals surface area contributed by atoms with E-state index < -0.39 is 5.97 Å². The van der Waals surface area contributed by atoms with Crippen molar-refractivity contribution >= 4 is 23.5 Å². The van der Waals surface area contributed by atoms with Gasteiger partial charge in [-0.15, -0.1) is 0 Å². The first-order valence-corrected chi connectivity index (χ1v) is 8.80. The summed E-state index contributed by atoms with van der Waals surface area (Å²) in [4.78, 5) is 22.3. The summed E-state index contributed by atoms with van der Waals surface area (Å²) < 4.78 is 0. The molecule has 0 radical (unpaired) electrons. The molecule has 0 amide bonds. The number of nitrogens with zero attached hydrogens (tertiary/aromatic N) is 3. The second-order valence-electron chi connectivity index (χ2n) is 5.70. The summed E-state index contributed by atoms with van der Waals surface area (Å²) >= 11 is 1.84. The zero-order valence-corrected chi connectivity index (χ0v) is 12.9. The lowest BCUT2D eigenvalue weighted by Crippen LogP contribution is -2.44. The molecule has 1 aromatic rings. The first-order valence-electron chi connectivity index (χ1n) is 7.64. The van der Waals surface area contributed by atoms with Gasteiger partial charge in [-0.1, -0.05) is 6.42 Å². The van der Waals surface area contributed by atoms with Gasteiger partial charge >= 0.3 is 5.97 Å². The van der Waals surface area contributed by atoms with E-state index in [1.54, 1.807) is 6.33 Å². The Morgan fingerprint density at radius 3 is 3.05 bits per heavy atom. The largest absolute Gasteiger partial charge is 0.481 e. The van der Waals surface area contributed by atoms with Crippen LogP contribution in [0.1, 0.15) is 36.9 Å². The van der Waals surface area contributed by atoms with Crippen molar-refractivity contribution in [2.45, 2.75) is 44.6 Å². The molecule has 1 aromatic heterocycles. The molecule has 1 aliphatic heterocycles. The molecular formula is C15H21N3O2S. The number of carbonyl (C=O) groups is 1. The van der Waals surface area contributed by atoms with Gasteiger partial charge in [-0.25, -0.2) is 9.97 Å². The molecule has 114 valence electrons. The Balaban J connectivity index is 1.92. The third-order valence-corrected chi connectivity index (χ3v) is 5.35. The van der Waals surface area contributed by atoms with Crippen molar-refractivity contribution in [1.82, 2.24) is 9.97 Å². The molecule has 6 heteroatoms. The van der Waals surface area contributed by atoms with Crippen molar-refractivity contribution in [3.63, 3.8) is 0 Å². The van der Waals surface area contributed by atoms with Crippen molar-refractivity contribution in [3.05, 3.63) is 17.6 Å². The quantitative estimate of drug-likeness (QED) is 0.863. The minimum atomic E-state index is -0.729. The van der Waals surface area contributed by atoms with Crippen molar-refractivity contribution in [2.24, 2.45) is 0 Å². The molecule has 21 heavy (non-hydrogen) atoms. The summed E-state index contributed by atoms with van der Waals surface area (Å²) in [5.74, 6) is 2.17. The number of hydrogen-bond acceptors (Lipinski definition) is 5. The van der Waals surface area contributed by atoms with Gasteiger partial charge in [-0.2, -0.15) is 11.8 Å². The van der Waals surface area contributed by atoms with E-state index in [4.69, 9.17) is 5.11 Å². The number of fused-ring (bicyclic) bond motifs is 1. The fourth-order valence-electron chi connectivity index (χ4n) is 3.23. The first-order chi connectivity index (χ1) is 10.3. The number of anilines is 1. The Hall–Kier alpha value is -1.30. The highest BCUT2D eigenvalue weighted by Crippen LogP contribution is 2.31. The Morgan fingerprint density at radius 1 is 1.33 bits per heavy atom. The van der Waals surface area contributed by atoms with Crippen LogP contribution in [0.3, 0.4) is 0 Å². The Labute approximate surface area is 129 Å². The van der Waals surface area contributed by atoms with Gasteiger partial charge in [0.2, 0.25) is 0 Å². The fraction of sp³-hybridized carbons (Fsp3) is 0.667. The number of aryl methyl sites for hydroxylation is 1. The lowest BCUT2D eigenvalue weighted by atomic mass is 10.1. The van der Waals surface area contributed by atoms with Gasteiger partial charge in [0.05, 0.1) is 6.42 Å². The summed E-state index contributed by atoms with van der Waals surface area (Å²) in [5.41, 5.74) is 2.43. The number of carboxylic acid groups (broad SMARTS) is 1. The monoisotopic (exact) mass is 307 g/mol. The summed E-state index contributed by atoms with van der Waals surface area (Å²) in [6, 6.07) is 0.0449. The molecule has 3 rings (SSSR count). The topological polar surface area (TPSA) is 66.3 Å². The lowest BCUT2D eigenvalue weighted by molar-refractivity contribution is -0.137. The maximum atomic E-state index is 11.1. The normalized spacial score (nSPS) is 22.5. The maximum absolute atomic E-state index is 11.1. The van der Waals surface area contributed by atoms with Crippen molar-refractivity contribution < 1.29 is 9.90 Å². The van der Waals surface area contributed by atoms with Crippen LogP contribution < -0.4 is 4.90 Å². The average molecular weight is 307 g/mol. The van der Waals surface area contributed by atoms with E-state index in [1.165, 1.54) is 30.5 Å². The molecule has 0 aromatic carbocycles. The third-order valence-electron chi connectivity index (χ3n) is 4.26. The zero-order valence-electron chi connectivity index (χ0n) is 12.1. The molecule has 2 heterocycles. The van der Waals surface area contributed by atoms with Gasteiger partial charge in [0.15, 0.2) is 0 Å². The van der Waals surface area contributed by atoms with Crippen LogP contribution in [0, 0.1) is 0 Å². The van der Waals surface area contributed by atoms with Gasteiger partial charge < -0.3 is 10.0 Å². The smallest absolute Gasteiger partial charge is 0.305 e. The van der Waals surface area contributed by atoms with Crippen LogP contribution in [0.2, 0.25) is 0 Å². The van der Waals surface area contributed by atoms with E-state index in [1.807, 2.05) is 11.8 Å². The van der Waals surface area contributed by atoms with Gasteiger partial charge in [-0.05, 0) is 25.7 Å². The number of aliphatic carboxylic acids is 1. The van der Waals surface area contributed by atoms with Crippen LogP contribution in [0.25, 0.3) is 0 Å². The Bertz CT molecular complexity index is 524. The van der Waals surface area contributed by atoms with Crippen molar-refractivity contribution in [2.75, 3.05) is 23.0 Å². The predicted molar refractivity (Wildman–Crippen MR) is 84.0 cm³/mol. The molecule has 0 bridgehead atoms. The van der Waals surface area contributed by atoms with E-state index in [0.29, 0.717) is 0 Å². The fourth-order valence-corrected chi connectivity index (χ4v) is 4.29. The highest BCUT2D eigenvalue weighted by Gasteiger charge is 2.29. The molecule has 2 aliphatic rings. The molecule has 1 unspecified atom stereocenters. The highest BCUT2D eigenvalue weighted by atomic mass is 32.2. The van der Waals surface area contributed by atoms with Crippen molar-refractivity contribution in [1.29, 1.82) is 0 Å². The van der Waals surface area contributed by atoms with Crippen LogP contribution in [0.15, 0.2) is 6.33 Å². The number of carboxylic acids is 1. The van der Waals surface area contributed by atoms with E-state index in [2.05, 4.69) is 14.9 Å². The maximum Gasteiger partial charge on any atom is 0.305 e.